The molecule has 4 nitrogen and oxygen atoms in total. The van der Waals surface area contributed by atoms with Gasteiger partial charge in [0.1, 0.15) is 0 Å². The van der Waals surface area contributed by atoms with Crippen LogP contribution in [-0.2, 0) is 4.79 Å². The normalized spacial score (nSPS) is 12.2. The van der Waals surface area contributed by atoms with Crippen LogP contribution in [-0.4, -0.2) is 22.7 Å². The van der Waals surface area contributed by atoms with Crippen LogP contribution in [0.4, 0.5) is 5.69 Å². The Kier molecular flexibility index (Phi) is 5.22. The summed E-state index contributed by atoms with van der Waals surface area (Å²) in [6.07, 6.45) is 0. The molecule has 1 aromatic carbocycles. The minimum atomic E-state index is -0.983. The van der Waals surface area contributed by atoms with Gasteiger partial charge < -0.3 is 10.4 Å². The van der Waals surface area contributed by atoms with Crippen LogP contribution in [0.3, 0.4) is 0 Å². The van der Waals surface area contributed by atoms with Crippen LogP contribution >= 0.6 is 12.6 Å². The van der Waals surface area contributed by atoms with Crippen molar-refractivity contribution in [2.45, 2.75) is 13.8 Å². The van der Waals surface area contributed by atoms with Crippen LogP contribution in [0.5, 0.6) is 0 Å². The summed E-state index contributed by atoms with van der Waals surface area (Å²) in [5.41, 5.74) is 0.792. The van der Waals surface area contributed by atoms with Gasteiger partial charge in [-0.1, -0.05) is 13.8 Å². The van der Waals surface area contributed by atoms with E-state index in [0.29, 0.717) is 11.4 Å². The lowest BCUT2D eigenvalue weighted by Crippen LogP contribution is -2.28. The van der Waals surface area contributed by atoms with Crippen molar-refractivity contribution in [1.82, 2.24) is 0 Å². The smallest absolute Gasteiger partial charge is 0.335 e. The maximum Gasteiger partial charge on any atom is 0.335 e. The minimum absolute atomic E-state index is 0.0944. The third-order valence-electron chi connectivity index (χ3n) is 2.74. The summed E-state index contributed by atoms with van der Waals surface area (Å²) in [6.45, 7) is 3.93. The largest absolute Gasteiger partial charge is 0.478 e. The van der Waals surface area contributed by atoms with E-state index in [1.807, 2.05) is 13.8 Å². The Labute approximate surface area is 112 Å². The molecule has 0 aliphatic heterocycles. The van der Waals surface area contributed by atoms with Crippen LogP contribution < -0.4 is 5.32 Å². The van der Waals surface area contributed by atoms with Gasteiger partial charge in [-0.05, 0) is 30.2 Å². The molecule has 1 atom stereocenters. The number of hydrogen-bond acceptors (Lipinski definition) is 3. The highest BCUT2D eigenvalue weighted by atomic mass is 32.1. The summed E-state index contributed by atoms with van der Waals surface area (Å²) in [7, 11) is 0. The van der Waals surface area contributed by atoms with Gasteiger partial charge in [-0.3, -0.25) is 4.79 Å². The number of carbonyl (C=O) groups excluding carboxylic acids is 1. The monoisotopic (exact) mass is 267 g/mol. The molecule has 0 heterocycles. The van der Waals surface area contributed by atoms with E-state index in [-0.39, 0.29) is 23.3 Å². The molecule has 1 aromatic rings. The maximum absolute atomic E-state index is 11.9. The molecule has 18 heavy (non-hydrogen) atoms. The van der Waals surface area contributed by atoms with Gasteiger partial charge in [0.05, 0.1) is 5.56 Å². The predicted molar refractivity (Wildman–Crippen MR) is 74.2 cm³/mol. The van der Waals surface area contributed by atoms with E-state index in [4.69, 9.17) is 5.11 Å². The molecule has 1 rings (SSSR count). The second kappa shape index (κ2) is 6.44. The maximum atomic E-state index is 11.9. The Bertz CT molecular complexity index is 428. The fourth-order valence-corrected chi connectivity index (χ4v) is 2.12. The summed E-state index contributed by atoms with van der Waals surface area (Å²) in [4.78, 5) is 22.6. The number of hydrogen-bond donors (Lipinski definition) is 3. The zero-order valence-corrected chi connectivity index (χ0v) is 11.3. The van der Waals surface area contributed by atoms with Crippen LogP contribution in [0, 0.1) is 11.8 Å². The molecular weight excluding hydrogens is 250 g/mol. The summed E-state index contributed by atoms with van der Waals surface area (Å²) in [5.74, 6) is -0.545. The van der Waals surface area contributed by atoms with Gasteiger partial charge in [0.25, 0.3) is 0 Å². The first-order valence-corrected chi connectivity index (χ1v) is 6.34. The van der Waals surface area contributed by atoms with E-state index >= 15 is 0 Å². The average molecular weight is 267 g/mol. The van der Waals surface area contributed by atoms with Gasteiger partial charge in [0.2, 0.25) is 5.91 Å². The number of carboxylic acid groups (broad SMARTS) is 1. The zero-order valence-electron chi connectivity index (χ0n) is 10.4. The van der Waals surface area contributed by atoms with E-state index in [1.165, 1.54) is 12.1 Å². The Morgan fingerprint density at radius 1 is 1.28 bits per heavy atom. The average Bonchev–Trinajstić information content (AvgIpc) is 2.29. The molecule has 5 heteroatoms. The molecule has 0 aromatic heterocycles. The highest BCUT2D eigenvalue weighted by molar-refractivity contribution is 7.80. The molecule has 98 valence electrons. The van der Waals surface area contributed by atoms with Gasteiger partial charge in [0, 0.05) is 17.4 Å². The Morgan fingerprint density at radius 3 is 2.22 bits per heavy atom. The first-order valence-electron chi connectivity index (χ1n) is 5.70. The number of anilines is 1. The molecule has 0 bridgehead atoms. The van der Waals surface area contributed by atoms with Gasteiger partial charge in [-0.15, -0.1) is 0 Å². The van der Waals surface area contributed by atoms with Crippen LogP contribution in [0.1, 0.15) is 24.2 Å². The van der Waals surface area contributed by atoms with Gasteiger partial charge in [0.15, 0.2) is 0 Å². The number of rotatable bonds is 5. The van der Waals surface area contributed by atoms with Crippen LogP contribution in [0.2, 0.25) is 0 Å². The summed E-state index contributed by atoms with van der Waals surface area (Å²) < 4.78 is 0. The Balaban J connectivity index is 2.73. The standard InChI is InChI=1S/C13H17NO3S/c1-8(2)11(7-18)12(15)14-10-5-3-9(4-6-10)13(16)17/h3-6,8,11,18H,7H2,1-2H3,(H,14,15)(H,16,17). The minimum Gasteiger partial charge on any atom is -0.478 e. The second-order valence-corrected chi connectivity index (χ2v) is 4.77. The molecule has 0 saturated carbocycles. The van der Waals surface area contributed by atoms with E-state index in [9.17, 15) is 9.59 Å². The fourth-order valence-electron chi connectivity index (χ4n) is 1.53. The van der Waals surface area contributed by atoms with Crippen molar-refractivity contribution in [3.8, 4) is 0 Å². The molecule has 0 saturated heterocycles. The van der Waals surface area contributed by atoms with E-state index in [0.717, 1.165) is 0 Å². The van der Waals surface area contributed by atoms with E-state index in [1.54, 1.807) is 12.1 Å². The van der Waals surface area contributed by atoms with E-state index in [2.05, 4.69) is 17.9 Å². The number of benzene rings is 1. The molecular formula is C13H17NO3S. The van der Waals surface area contributed by atoms with Crippen molar-refractivity contribution in [2.24, 2.45) is 11.8 Å². The number of carbonyl (C=O) groups is 2. The summed E-state index contributed by atoms with van der Waals surface area (Å²) in [5, 5.41) is 11.5. The van der Waals surface area contributed by atoms with Crippen molar-refractivity contribution in [2.75, 3.05) is 11.1 Å². The van der Waals surface area contributed by atoms with Crippen molar-refractivity contribution >= 4 is 30.2 Å². The number of amides is 1. The first kappa shape index (κ1) is 14.6. The summed E-state index contributed by atoms with van der Waals surface area (Å²) in [6, 6.07) is 6.08. The fraction of sp³-hybridized carbons (Fsp3) is 0.385. The third-order valence-corrected chi connectivity index (χ3v) is 3.13. The van der Waals surface area contributed by atoms with E-state index < -0.39 is 5.97 Å². The highest BCUT2D eigenvalue weighted by Gasteiger charge is 2.20. The lowest BCUT2D eigenvalue weighted by Gasteiger charge is -2.17. The van der Waals surface area contributed by atoms with Crippen molar-refractivity contribution in [1.29, 1.82) is 0 Å². The quantitative estimate of drug-likeness (QED) is 0.718. The molecule has 0 aliphatic carbocycles. The second-order valence-electron chi connectivity index (χ2n) is 4.40. The van der Waals surface area contributed by atoms with Crippen molar-refractivity contribution in [3.63, 3.8) is 0 Å². The topological polar surface area (TPSA) is 66.4 Å². The predicted octanol–water partition coefficient (Wildman–Crippen LogP) is 2.53. The molecule has 0 aliphatic rings. The lowest BCUT2D eigenvalue weighted by molar-refractivity contribution is -0.120. The lowest BCUT2D eigenvalue weighted by atomic mass is 9.97. The summed E-state index contributed by atoms with van der Waals surface area (Å²) >= 11 is 4.17. The van der Waals surface area contributed by atoms with Gasteiger partial charge >= 0.3 is 5.97 Å². The molecule has 2 N–H and O–H groups in total. The molecule has 1 amide bonds. The zero-order chi connectivity index (χ0) is 13.7. The molecule has 1 unspecified atom stereocenters. The molecule has 0 fully saturated rings. The number of aromatic carboxylic acids is 1. The highest BCUT2D eigenvalue weighted by Crippen LogP contribution is 2.16. The SMILES string of the molecule is CC(C)C(CS)C(=O)Nc1ccc(C(=O)O)cc1. The number of carboxylic acids is 1. The Morgan fingerprint density at radius 2 is 1.83 bits per heavy atom. The Hall–Kier alpha value is -1.49. The molecule has 0 spiro atoms. The first-order chi connectivity index (χ1) is 8.45. The van der Waals surface area contributed by atoms with Gasteiger partial charge in [-0.25, -0.2) is 4.79 Å². The van der Waals surface area contributed by atoms with Crippen LogP contribution in [0.25, 0.3) is 0 Å². The number of thiol groups is 1. The molecule has 0 radical (unpaired) electrons. The van der Waals surface area contributed by atoms with Crippen molar-refractivity contribution < 1.29 is 14.7 Å². The van der Waals surface area contributed by atoms with Gasteiger partial charge in [-0.2, -0.15) is 12.6 Å². The van der Waals surface area contributed by atoms with Crippen LogP contribution in [0.15, 0.2) is 24.3 Å². The third kappa shape index (κ3) is 3.77. The number of nitrogens with one attached hydrogen (secondary N) is 1. The van der Waals surface area contributed by atoms with Crippen molar-refractivity contribution in [3.05, 3.63) is 29.8 Å².